The van der Waals surface area contributed by atoms with Gasteiger partial charge < -0.3 is 10.5 Å². The van der Waals surface area contributed by atoms with Crippen molar-refractivity contribution in [3.05, 3.63) is 52.0 Å². The Kier molecular flexibility index (Phi) is 4.44. The van der Waals surface area contributed by atoms with Crippen molar-refractivity contribution in [3.8, 4) is 0 Å². The van der Waals surface area contributed by atoms with Gasteiger partial charge in [-0.3, -0.25) is 4.98 Å². The third kappa shape index (κ3) is 3.38. The predicted octanol–water partition coefficient (Wildman–Crippen LogP) is 2.00. The van der Waals surface area contributed by atoms with Crippen molar-refractivity contribution in [2.75, 3.05) is 6.61 Å². The minimum atomic E-state index is -0.330. The second kappa shape index (κ2) is 6.28. The van der Waals surface area contributed by atoms with Crippen molar-refractivity contribution in [1.29, 1.82) is 0 Å². The molecule has 0 fully saturated rings. The molecule has 2 N–H and O–H groups in total. The number of aromatic nitrogens is 1. The van der Waals surface area contributed by atoms with Crippen LogP contribution in [0.25, 0.3) is 0 Å². The summed E-state index contributed by atoms with van der Waals surface area (Å²) in [6.45, 7) is 0.704. The molecule has 2 heterocycles. The number of nitrogens with two attached hydrogens (primary N) is 1. The zero-order valence-electron chi connectivity index (χ0n) is 9.83. The second-order valence-electron chi connectivity index (χ2n) is 3.71. The smallest absolute Gasteiger partial charge is 0.338 e. The molecule has 0 radical (unpaired) electrons. The predicted molar refractivity (Wildman–Crippen MR) is 70.4 cm³/mol. The number of hydrogen-bond acceptors (Lipinski definition) is 5. The molecule has 2 aromatic heterocycles. The van der Waals surface area contributed by atoms with Crippen molar-refractivity contribution in [3.63, 3.8) is 0 Å². The van der Waals surface area contributed by atoms with Gasteiger partial charge in [0.1, 0.15) is 0 Å². The molecular formula is C13H14N2O2S. The fraction of sp³-hybridized carbons (Fsp3) is 0.231. The maximum Gasteiger partial charge on any atom is 0.338 e. The summed E-state index contributed by atoms with van der Waals surface area (Å²) in [5.41, 5.74) is 6.65. The molecule has 0 saturated heterocycles. The largest absolute Gasteiger partial charge is 0.462 e. The average Bonchev–Trinajstić information content (AvgIpc) is 2.92. The second-order valence-corrected chi connectivity index (χ2v) is 4.74. The summed E-state index contributed by atoms with van der Waals surface area (Å²) < 4.78 is 5.20. The number of carbonyl (C=O) groups is 1. The van der Waals surface area contributed by atoms with Gasteiger partial charge in [-0.1, -0.05) is 6.07 Å². The van der Waals surface area contributed by atoms with Crippen molar-refractivity contribution < 1.29 is 9.53 Å². The number of thiophene rings is 1. The standard InChI is InChI=1S/C13H14N2O2S/c14-9-11-8-10(3-5-15-11)13(16)17-6-4-12-2-1-7-18-12/h1-3,5,7-8H,4,6,9,14H2. The Labute approximate surface area is 109 Å². The normalized spacial score (nSPS) is 10.3. The molecule has 0 unspecified atom stereocenters. The number of pyridine rings is 1. The summed E-state index contributed by atoms with van der Waals surface area (Å²) in [7, 11) is 0. The van der Waals surface area contributed by atoms with Crippen LogP contribution >= 0.6 is 11.3 Å². The molecule has 0 aliphatic carbocycles. The van der Waals surface area contributed by atoms with Gasteiger partial charge in [-0.25, -0.2) is 4.79 Å². The van der Waals surface area contributed by atoms with E-state index in [1.165, 1.54) is 4.88 Å². The fourth-order valence-electron chi connectivity index (χ4n) is 1.50. The summed E-state index contributed by atoms with van der Waals surface area (Å²) in [5.74, 6) is -0.330. The highest BCUT2D eigenvalue weighted by atomic mass is 32.1. The highest BCUT2D eigenvalue weighted by Gasteiger charge is 2.08. The lowest BCUT2D eigenvalue weighted by molar-refractivity contribution is 0.0509. The van der Waals surface area contributed by atoms with Gasteiger partial charge in [0.05, 0.1) is 17.9 Å². The van der Waals surface area contributed by atoms with E-state index in [4.69, 9.17) is 10.5 Å². The maximum atomic E-state index is 11.8. The van der Waals surface area contributed by atoms with Crippen LogP contribution in [0.5, 0.6) is 0 Å². The van der Waals surface area contributed by atoms with Crippen LogP contribution in [-0.4, -0.2) is 17.6 Å². The van der Waals surface area contributed by atoms with Gasteiger partial charge >= 0.3 is 5.97 Å². The molecule has 0 aliphatic rings. The zero-order chi connectivity index (χ0) is 12.8. The first-order chi connectivity index (χ1) is 8.79. The summed E-state index contributed by atoms with van der Waals surface area (Å²) in [6.07, 6.45) is 2.32. The van der Waals surface area contributed by atoms with E-state index >= 15 is 0 Å². The first-order valence-electron chi connectivity index (χ1n) is 5.64. The van der Waals surface area contributed by atoms with Crippen LogP contribution in [0.1, 0.15) is 20.9 Å². The van der Waals surface area contributed by atoms with Gasteiger partial charge in [0.15, 0.2) is 0 Å². The molecule has 0 aromatic carbocycles. The molecular weight excluding hydrogens is 248 g/mol. The van der Waals surface area contributed by atoms with E-state index in [1.807, 2.05) is 17.5 Å². The Morgan fingerprint density at radius 3 is 3.06 bits per heavy atom. The van der Waals surface area contributed by atoms with Crippen LogP contribution in [0.3, 0.4) is 0 Å². The third-order valence-corrected chi connectivity index (χ3v) is 3.36. The first-order valence-corrected chi connectivity index (χ1v) is 6.52. The van der Waals surface area contributed by atoms with E-state index in [0.29, 0.717) is 24.4 Å². The van der Waals surface area contributed by atoms with Crippen LogP contribution in [0, 0.1) is 0 Å². The van der Waals surface area contributed by atoms with Gasteiger partial charge in [0.2, 0.25) is 0 Å². The Morgan fingerprint density at radius 2 is 2.33 bits per heavy atom. The number of ether oxygens (including phenoxy) is 1. The number of carbonyl (C=O) groups excluding carboxylic acids is 1. The Morgan fingerprint density at radius 1 is 1.44 bits per heavy atom. The SMILES string of the molecule is NCc1cc(C(=O)OCCc2cccs2)ccn1. The molecule has 0 amide bonds. The number of rotatable bonds is 5. The molecule has 2 aromatic rings. The van der Waals surface area contributed by atoms with Crippen molar-refractivity contribution in [2.45, 2.75) is 13.0 Å². The van der Waals surface area contributed by atoms with Crippen LogP contribution in [0.15, 0.2) is 35.8 Å². The molecule has 0 atom stereocenters. The molecule has 0 saturated carbocycles. The van der Waals surface area contributed by atoms with Gasteiger partial charge in [-0.2, -0.15) is 0 Å². The van der Waals surface area contributed by atoms with E-state index in [-0.39, 0.29) is 5.97 Å². The quantitative estimate of drug-likeness (QED) is 0.837. The van der Waals surface area contributed by atoms with Gasteiger partial charge in [0.25, 0.3) is 0 Å². The van der Waals surface area contributed by atoms with E-state index in [1.54, 1.807) is 29.7 Å². The lowest BCUT2D eigenvalue weighted by atomic mass is 10.2. The van der Waals surface area contributed by atoms with Crippen molar-refractivity contribution in [2.24, 2.45) is 5.73 Å². The Bertz CT molecular complexity index is 511. The third-order valence-electron chi connectivity index (χ3n) is 2.42. The summed E-state index contributed by atoms with van der Waals surface area (Å²) in [5, 5.41) is 2.01. The Balaban J connectivity index is 1.87. The van der Waals surface area contributed by atoms with E-state index in [0.717, 1.165) is 6.42 Å². The van der Waals surface area contributed by atoms with Crippen LogP contribution in [0.2, 0.25) is 0 Å². The topological polar surface area (TPSA) is 65.2 Å². The lowest BCUT2D eigenvalue weighted by Crippen LogP contribution is -2.09. The molecule has 0 aliphatic heterocycles. The van der Waals surface area contributed by atoms with Gasteiger partial charge in [-0.05, 0) is 23.6 Å². The first kappa shape index (κ1) is 12.7. The molecule has 18 heavy (non-hydrogen) atoms. The van der Waals surface area contributed by atoms with Gasteiger partial charge in [-0.15, -0.1) is 11.3 Å². The fourth-order valence-corrected chi connectivity index (χ4v) is 2.19. The van der Waals surface area contributed by atoms with Crippen LogP contribution < -0.4 is 5.73 Å². The molecule has 0 spiro atoms. The minimum absolute atomic E-state index is 0.316. The molecule has 4 nitrogen and oxygen atoms in total. The molecule has 5 heteroatoms. The highest BCUT2D eigenvalue weighted by Crippen LogP contribution is 2.10. The summed E-state index contributed by atoms with van der Waals surface area (Å²) >= 11 is 1.66. The molecule has 2 rings (SSSR count). The van der Waals surface area contributed by atoms with Crippen LogP contribution in [-0.2, 0) is 17.7 Å². The van der Waals surface area contributed by atoms with E-state index in [9.17, 15) is 4.79 Å². The van der Waals surface area contributed by atoms with Gasteiger partial charge in [0, 0.05) is 24.0 Å². The van der Waals surface area contributed by atoms with Crippen molar-refractivity contribution >= 4 is 17.3 Å². The maximum absolute atomic E-state index is 11.8. The molecule has 0 bridgehead atoms. The lowest BCUT2D eigenvalue weighted by Gasteiger charge is -2.04. The highest BCUT2D eigenvalue weighted by molar-refractivity contribution is 7.09. The molecule has 94 valence electrons. The van der Waals surface area contributed by atoms with Crippen molar-refractivity contribution in [1.82, 2.24) is 4.98 Å². The van der Waals surface area contributed by atoms with Crippen LogP contribution in [0.4, 0.5) is 0 Å². The number of hydrogen-bond donors (Lipinski definition) is 1. The van der Waals surface area contributed by atoms with E-state index in [2.05, 4.69) is 4.98 Å². The monoisotopic (exact) mass is 262 g/mol. The minimum Gasteiger partial charge on any atom is -0.462 e. The number of esters is 1. The van der Waals surface area contributed by atoms with E-state index < -0.39 is 0 Å². The summed E-state index contributed by atoms with van der Waals surface area (Å²) in [4.78, 5) is 17.0. The zero-order valence-corrected chi connectivity index (χ0v) is 10.7. The Hall–Kier alpha value is -1.72. The summed E-state index contributed by atoms with van der Waals surface area (Å²) in [6, 6.07) is 7.30. The average molecular weight is 262 g/mol. The number of nitrogens with zero attached hydrogens (tertiary/aromatic N) is 1.